The van der Waals surface area contributed by atoms with Crippen molar-refractivity contribution in [3.63, 3.8) is 0 Å². The molecule has 0 aromatic carbocycles. The van der Waals surface area contributed by atoms with E-state index in [-0.39, 0.29) is 0 Å². The minimum absolute atomic E-state index is 0.357. The van der Waals surface area contributed by atoms with Crippen molar-refractivity contribution in [1.82, 2.24) is 0 Å². The molecule has 0 saturated carbocycles. The minimum atomic E-state index is 0.357. The van der Waals surface area contributed by atoms with Crippen LogP contribution in [-0.4, -0.2) is 19.5 Å². The van der Waals surface area contributed by atoms with E-state index in [9.17, 15) is 0 Å². The second-order valence-corrected chi connectivity index (χ2v) is 4.33. The number of hydrogen-bond acceptors (Lipinski definition) is 2. The van der Waals surface area contributed by atoms with E-state index in [2.05, 4.69) is 20.8 Å². The van der Waals surface area contributed by atoms with Crippen LogP contribution in [0.1, 0.15) is 40.0 Å². The normalized spacial score (nSPS) is 24.8. The Morgan fingerprint density at radius 2 is 2.17 bits per heavy atom. The Hall–Kier alpha value is -0.0800. The Morgan fingerprint density at radius 3 is 2.67 bits per heavy atom. The Bertz CT molecular complexity index is 126. The quantitative estimate of drug-likeness (QED) is 0.649. The fourth-order valence-electron chi connectivity index (χ4n) is 1.27. The van der Waals surface area contributed by atoms with Gasteiger partial charge in [0.05, 0.1) is 12.7 Å². The van der Waals surface area contributed by atoms with Crippen LogP contribution >= 0.6 is 0 Å². The zero-order valence-electron chi connectivity index (χ0n) is 8.43. The van der Waals surface area contributed by atoms with Crippen molar-refractivity contribution in [3.05, 3.63) is 0 Å². The van der Waals surface area contributed by atoms with E-state index in [4.69, 9.17) is 9.47 Å². The van der Waals surface area contributed by atoms with E-state index in [0.29, 0.717) is 18.3 Å². The van der Waals surface area contributed by atoms with Gasteiger partial charge in [-0.3, -0.25) is 0 Å². The highest BCUT2D eigenvalue weighted by molar-refractivity contribution is 4.70. The molecule has 0 N–H and O–H groups in total. The maximum absolute atomic E-state index is 5.37. The third kappa shape index (κ3) is 3.11. The van der Waals surface area contributed by atoms with Gasteiger partial charge in [0.1, 0.15) is 6.79 Å². The Morgan fingerprint density at radius 1 is 1.42 bits per heavy atom. The van der Waals surface area contributed by atoms with Gasteiger partial charge in [0.15, 0.2) is 0 Å². The number of rotatable bonds is 4. The van der Waals surface area contributed by atoms with Crippen molar-refractivity contribution >= 4 is 0 Å². The molecule has 0 aromatic rings. The van der Waals surface area contributed by atoms with Gasteiger partial charge in [0.2, 0.25) is 0 Å². The minimum Gasteiger partial charge on any atom is -0.353 e. The summed E-state index contributed by atoms with van der Waals surface area (Å²) in [4.78, 5) is 0. The van der Waals surface area contributed by atoms with E-state index >= 15 is 0 Å². The lowest BCUT2D eigenvalue weighted by Crippen LogP contribution is -2.16. The smallest absolute Gasteiger partial charge is 0.147 e. The summed E-state index contributed by atoms with van der Waals surface area (Å²) >= 11 is 0. The maximum atomic E-state index is 5.37. The standard InChI is InChI=1S/C10H20O2/c1-4-10(2,3)6-5-9-7-11-8-12-9/h9H,4-8H2,1-3H3. The number of hydrogen-bond donors (Lipinski definition) is 0. The van der Waals surface area contributed by atoms with E-state index in [1.54, 1.807) is 0 Å². The Labute approximate surface area is 75.2 Å². The molecule has 2 nitrogen and oxygen atoms in total. The van der Waals surface area contributed by atoms with Crippen LogP contribution in [0.25, 0.3) is 0 Å². The zero-order valence-corrected chi connectivity index (χ0v) is 8.43. The van der Waals surface area contributed by atoms with Crippen molar-refractivity contribution in [2.45, 2.75) is 46.1 Å². The third-order valence-electron chi connectivity index (χ3n) is 2.79. The number of ether oxygens (including phenoxy) is 2. The van der Waals surface area contributed by atoms with Crippen molar-refractivity contribution in [1.29, 1.82) is 0 Å². The fraction of sp³-hybridized carbons (Fsp3) is 1.00. The molecule has 1 aliphatic rings. The van der Waals surface area contributed by atoms with Crippen LogP contribution < -0.4 is 0 Å². The maximum Gasteiger partial charge on any atom is 0.147 e. The first-order valence-electron chi connectivity index (χ1n) is 4.83. The van der Waals surface area contributed by atoms with Gasteiger partial charge in [-0.2, -0.15) is 0 Å². The molecule has 0 amide bonds. The van der Waals surface area contributed by atoms with Crippen LogP contribution in [0.3, 0.4) is 0 Å². The second-order valence-electron chi connectivity index (χ2n) is 4.33. The summed E-state index contributed by atoms with van der Waals surface area (Å²) in [6.45, 7) is 8.15. The van der Waals surface area contributed by atoms with Crippen LogP contribution in [0.15, 0.2) is 0 Å². The molecule has 1 atom stereocenters. The van der Waals surface area contributed by atoms with Crippen molar-refractivity contribution in [2.75, 3.05) is 13.4 Å². The lowest BCUT2D eigenvalue weighted by atomic mass is 9.84. The molecule has 1 saturated heterocycles. The van der Waals surface area contributed by atoms with E-state index in [1.165, 1.54) is 12.8 Å². The third-order valence-corrected chi connectivity index (χ3v) is 2.79. The molecule has 2 heteroatoms. The van der Waals surface area contributed by atoms with Crippen LogP contribution in [0.2, 0.25) is 0 Å². The predicted octanol–water partition coefficient (Wildman–Crippen LogP) is 2.58. The highest BCUT2D eigenvalue weighted by atomic mass is 16.7. The summed E-state index contributed by atoms with van der Waals surface area (Å²) in [5, 5.41) is 0. The topological polar surface area (TPSA) is 18.5 Å². The van der Waals surface area contributed by atoms with Crippen LogP contribution in [0, 0.1) is 5.41 Å². The van der Waals surface area contributed by atoms with Crippen LogP contribution in [0.5, 0.6) is 0 Å². The molecular formula is C10H20O2. The summed E-state index contributed by atoms with van der Waals surface area (Å²) in [5.41, 5.74) is 0.464. The predicted molar refractivity (Wildman–Crippen MR) is 49.0 cm³/mol. The van der Waals surface area contributed by atoms with Gasteiger partial charge in [-0.15, -0.1) is 0 Å². The average molecular weight is 172 g/mol. The van der Waals surface area contributed by atoms with Crippen LogP contribution in [-0.2, 0) is 9.47 Å². The Kier molecular flexibility index (Phi) is 3.53. The molecule has 0 aliphatic carbocycles. The molecule has 1 rings (SSSR count). The van der Waals surface area contributed by atoms with Gasteiger partial charge in [0, 0.05) is 0 Å². The molecule has 0 radical (unpaired) electrons. The molecule has 1 heterocycles. The molecule has 0 spiro atoms. The lowest BCUT2D eigenvalue weighted by Gasteiger charge is -2.23. The second kappa shape index (κ2) is 4.24. The molecular weight excluding hydrogens is 152 g/mol. The van der Waals surface area contributed by atoms with Gasteiger partial charge in [-0.05, 0) is 18.3 Å². The van der Waals surface area contributed by atoms with Crippen LogP contribution in [0.4, 0.5) is 0 Å². The molecule has 1 unspecified atom stereocenters. The highest BCUT2D eigenvalue weighted by Crippen LogP contribution is 2.27. The van der Waals surface area contributed by atoms with E-state index < -0.39 is 0 Å². The van der Waals surface area contributed by atoms with Gasteiger partial charge in [-0.1, -0.05) is 27.2 Å². The highest BCUT2D eigenvalue weighted by Gasteiger charge is 2.21. The molecule has 0 bridgehead atoms. The van der Waals surface area contributed by atoms with Gasteiger partial charge in [0.25, 0.3) is 0 Å². The molecule has 1 fully saturated rings. The fourth-order valence-corrected chi connectivity index (χ4v) is 1.27. The largest absolute Gasteiger partial charge is 0.353 e. The van der Waals surface area contributed by atoms with Gasteiger partial charge >= 0.3 is 0 Å². The SMILES string of the molecule is CCC(C)(C)CCC1COCO1. The van der Waals surface area contributed by atoms with E-state index in [0.717, 1.165) is 13.0 Å². The summed E-state index contributed by atoms with van der Waals surface area (Å²) in [7, 11) is 0. The molecule has 0 aromatic heterocycles. The van der Waals surface area contributed by atoms with Crippen molar-refractivity contribution in [3.8, 4) is 0 Å². The summed E-state index contributed by atoms with van der Waals surface area (Å²) in [5.74, 6) is 0. The van der Waals surface area contributed by atoms with E-state index in [1.807, 2.05) is 0 Å². The first-order chi connectivity index (χ1) is 5.64. The Balaban J connectivity index is 2.15. The average Bonchev–Trinajstić information content (AvgIpc) is 2.53. The lowest BCUT2D eigenvalue weighted by molar-refractivity contribution is 0.0410. The molecule has 72 valence electrons. The van der Waals surface area contributed by atoms with Crippen molar-refractivity contribution < 1.29 is 9.47 Å². The summed E-state index contributed by atoms with van der Waals surface area (Å²) in [6.07, 6.45) is 3.97. The van der Waals surface area contributed by atoms with Gasteiger partial charge < -0.3 is 9.47 Å². The summed E-state index contributed by atoms with van der Waals surface area (Å²) in [6, 6.07) is 0. The summed E-state index contributed by atoms with van der Waals surface area (Å²) < 4.78 is 10.5. The first kappa shape index (κ1) is 10.0. The van der Waals surface area contributed by atoms with Crippen molar-refractivity contribution in [2.24, 2.45) is 5.41 Å². The van der Waals surface area contributed by atoms with Gasteiger partial charge in [-0.25, -0.2) is 0 Å². The zero-order chi connectivity index (χ0) is 9.03. The first-order valence-corrected chi connectivity index (χ1v) is 4.83. The monoisotopic (exact) mass is 172 g/mol. The molecule has 12 heavy (non-hydrogen) atoms. The molecule has 1 aliphatic heterocycles.